The standard InChI is InChI=1S/C56H92O25/c1-10-22-32-23-20-18-16-14-13-15-17-19-21-24-34(57)76-45-39(62)33(25-69-53-48(80-52-43(66)40(63)35(58)28(6)70-52)44(38(61)31(9)71-53)77-50(67)26(4)11-2)75-56(79-47-42(65)37(60)29(7)72-54(47)74-32)49(45)81-55-46(78-51(68)27(5)12-3)41(64)36(59)30(8)73-55/h11-12,28-33,35-49,52-56,58-66H,10,13-25H2,1-9H3/b26-11+,27-12+/t28-,29+,30-,31+,32-,33+,35-,36-,37+,38+,39+,40+,41+,42-,43+,44-,45-,46+,47+,48+,49+,52-,53+,54-,55-,56-/m0/s1. The monoisotopic (exact) mass is 1160 g/mol. The van der Waals surface area contributed by atoms with Crippen molar-refractivity contribution in [2.45, 2.75) is 305 Å². The van der Waals surface area contributed by atoms with E-state index >= 15 is 0 Å². The molecule has 0 aromatic rings. The number of esters is 3. The molecule has 6 heterocycles. The van der Waals surface area contributed by atoms with Gasteiger partial charge in [0.15, 0.2) is 62.0 Å². The Morgan fingerprint density at radius 1 is 0.506 bits per heavy atom. The van der Waals surface area contributed by atoms with Crippen molar-refractivity contribution in [1.82, 2.24) is 0 Å². The molecule has 0 aromatic heterocycles. The van der Waals surface area contributed by atoms with Crippen molar-refractivity contribution in [2.24, 2.45) is 0 Å². The fourth-order valence-electron chi connectivity index (χ4n) is 10.6. The van der Waals surface area contributed by atoms with Crippen LogP contribution in [0.4, 0.5) is 0 Å². The summed E-state index contributed by atoms with van der Waals surface area (Å²) in [7, 11) is 0. The Bertz CT molecular complexity index is 2030. The first-order chi connectivity index (χ1) is 38.5. The van der Waals surface area contributed by atoms with Crippen molar-refractivity contribution >= 4 is 17.9 Å². The third-order valence-corrected chi connectivity index (χ3v) is 16.2. The molecule has 466 valence electrons. The molecule has 6 fully saturated rings. The minimum atomic E-state index is -1.96. The van der Waals surface area contributed by atoms with Crippen LogP contribution in [0.5, 0.6) is 0 Å². The third-order valence-electron chi connectivity index (χ3n) is 16.2. The highest BCUT2D eigenvalue weighted by Gasteiger charge is 2.58. The summed E-state index contributed by atoms with van der Waals surface area (Å²) >= 11 is 0. The van der Waals surface area contributed by atoms with E-state index in [9.17, 15) is 60.3 Å². The van der Waals surface area contributed by atoms with Crippen LogP contribution in [0.15, 0.2) is 23.3 Å². The average molecular weight is 1170 g/mol. The first-order valence-electron chi connectivity index (χ1n) is 29.0. The highest BCUT2D eigenvalue weighted by Crippen LogP contribution is 2.38. The molecule has 6 rings (SSSR count). The zero-order chi connectivity index (χ0) is 59.4. The number of allylic oxidation sites excluding steroid dienone is 2. The Kier molecular flexibility index (Phi) is 26.2. The van der Waals surface area contributed by atoms with Gasteiger partial charge in [0, 0.05) is 17.6 Å². The van der Waals surface area contributed by atoms with Gasteiger partial charge in [-0.15, -0.1) is 0 Å². The maximum absolute atomic E-state index is 14.1. The van der Waals surface area contributed by atoms with E-state index in [0.717, 1.165) is 51.4 Å². The quantitative estimate of drug-likeness (QED) is 0.0712. The molecule has 0 spiro atoms. The Balaban J connectivity index is 1.44. The van der Waals surface area contributed by atoms with Gasteiger partial charge in [0.05, 0.1) is 37.1 Å². The second-order valence-corrected chi connectivity index (χ2v) is 22.3. The van der Waals surface area contributed by atoms with Gasteiger partial charge >= 0.3 is 17.9 Å². The molecule has 6 aliphatic heterocycles. The van der Waals surface area contributed by atoms with E-state index in [-0.39, 0.29) is 17.6 Å². The van der Waals surface area contributed by atoms with Gasteiger partial charge in [-0.05, 0) is 74.7 Å². The Morgan fingerprint density at radius 2 is 1.02 bits per heavy atom. The summed E-state index contributed by atoms with van der Waals surface area (Å²) in [5.74, 6) is -2.58. The number of ether oxygens (including phenoxy) is 13. The highest BCUT2D eigenvalue weighted by atomic mass is 16.8. The van der Waals surface area contributed by atoms with Crippen molar-refractivity contribution in [2.75, 3.05) is 6.61 Å². The van der Waals surface area contributed by atoms with Crippen LogP contribution in [0.25, 0.3) is 0 Å². The van der Waals surface area contributed by atoms with Crippen molar-refractivity contribution in [3.63, 3.8) is 0 Å². The van der Waals surface area contributed by atoms with Gasteiger partial charge < -0.3 is 108 Å². The Hall–Kier alpha value is -2.87. The minimum Gasteiger partial charge on any atom is -0.456 e. The Labute approximate surface area is 474 Å². The molecule has 26 atom stereocenters. The van der Waals surface area contributed by atoms with Gasteiger partial charge in [0.25, 0.3) is 0 Å². The molecule has 9 N–H and O–H groups in total. The lowest BCUT2D eigenvalue weighted by atomic mass is 9.96. The van der Waals surface area contributed by atoms with E-state index < -0.39 is 184 Å². The van der Waals surface area contributed by atoms with Crippen LogP contribution >= 0.6 is 0 Å². The van der Waals surface area contributed by atoms with Gasteiger partial charge in [0.2, 0.25) is 0 Å². The number of fused-ring (bicyclic) bond motifs is 3. The van der Waals surface area contributed by atoms with Gasteiger partial charge in [0.1, 0.15) is 67.1 Å². The molecule has 6 saturated heterocycles. The maximum atomic E-state index is 14.1. The number of carbonyl (C=O) groups is 3. The van der Waals surface area contributed by atoms with E-state index in [1.54, 1.807) is 20.8 Å². The van der Waals surface area contributed by atoms with Crippen LogP contribution in [0.3, 0.4) is 0 Å². The van der Waals surface area contributed by atoms with Gasteiger partial charge in [-0.1, -0.05) is 76.9 Å². The Morgan fingerprint density at radius 3 is 1.64 bits per heavy atom. The number of carbonyl (C=O) groups excluding carboxylic acids is 3. The predicted octanol–water partition coefficient (Wildman–Crippen LogP) is 1.27. The number of rotatable bonds is 13. The molecular formula is C56H92O25. The molecule has 6 aliphatic rings. The molecule has 0 aliphatic carbocycles. The first kappa shape index (κ1) is 67.3. The molecular weight excluding hydrogens is 1070 g/mol. The van der Waals surface area contributed by atoms with Crippen LogP contribution < -0.4 is 0 Å². The summed E-state index contributed by atoms with van der Waals surface area (Å²) in [6.07, 6.45) is -28.5. The molecule has 25 heteroatoms. The van der Waals surface area contributed by atoms with Crippen molar-refractivity contribution in [3.8, 4) is 0 Å². The summed E-state index contributed by atoms with van der Waals surface area (Å²) in [6.45, 7) is 13.2. The molecule has 0 amide bonds. The zero-order valence-corrected chi connectivity index (χ0v) is 48.1. The van der Waals surface area contributed by atoms with Gasteiger partial charge in [-0.3, -0.25) is 4.79 Å². The SMILES string of the molecule is C/C=C(\C)C(=O)O[C@H]1[C@H](O[C@H]2[C@@H]3O[C@H]4[C@H](O[C@@H](CCC)CCCCCCCCCCCC(=O)O[C@H]2[C@H](O)[C@@H](CO[C@@H]2O[C@H](C)[C@@H](O)[C@H](OC(=O)/C(C)=C/C)[C@H]2O[C@@H]2O[C@@H](C)[C@H](O)[C@@H](O)[C@H]2O)O3)O[C@H](C)[C@@H](O)[C@@H]4O)O[C@@H](C)[C@H](O)[C@H]1O. The topological polar surface area (TPSA) is 353 Å². The number of hydrogen-bond acceptors (Lipinski definition) is 25. The normalized spacial score (nSPS) is 44.2. The van der Waals surface area contributed by atoms with Crippen LogP contribution in [0.2, 0.25) is 0 Å². The second-order valence-electron chi connectivity index (χ2n) is 22.3. The summed E-state index contributed by atoms with van der Waals surface area (Å²) < 4.78 is 80.9. The fourth-order valence-corrected chi connectivity index (χ4v) is 10.6. The minimum absolute atomic E-state index is 0.121. The second kappa shape index (κ2) is 31.5. The maximum Gasteiger partial charge on any atom is 0.333 e. The lowest BCUT2D eigenvalue weighted by Gasteiger charge is -2.50. The number of hydrogen-bond donors (Lipinski definition) is 9. The van der Waals surface area contributed by atoms with E-state index in [1.165, 1.54) is 46.8 Å². The van der Waals surface area contributed by atoms with E-state index in [1.807, 2.05) is 6.92 Å². The van der Waals surface area contributed by atoms with Gasteiger partial charge in [-0.2, -0.15) is 0 Å². The summed E-state index contributed by atoms with van der Waals surface area (Å²) in [4.78, 5) is 40.9. The van der Waals surface area contributed by atoms with E-state index in [4.69, 9.17) is 61.6 Å². The summed E-state index contributed by atoms with van der Waals surface area (Å²) in [5.41, 5.74) is 0.268. The summed E-state index contributed by atoms with van der Waals surface area (Å²) in [6, 6.07) is 0. The van der Waals surface area contributed by atoms with Crippen molar-refractivity contribution in [3.05, 3.63) is 23.3 Å². The highest BCUT2D eigenvalue weighted by molar-refractivity contribution is 5.88. The third kappa shape index (κ3) is 17.2. The van der Waals surface area contributed by atoms with E-state index in [2.05, 4.69) is 0 Å². The average Bonchev–Trinajstić information content (AvgIpc) is 3.55. The van der Waals surface area contributed by atoms with Gasteiger partial charge in [-0.25, -0.2) is 9.59 Å². The van der Waals surface area contributed by atoms with Crippen molar-refractivity contribution < 1.29 is 122 Å². The lowest BCUT2D eigenvalue weighted by molar-refractivity contribution is -0.398. The number of aliphatic hydroxyl groups excluding tert-OH is 9. The summed E-state index contributed by atoms with van der Waals surface area (Å²) in [5, 5.41) is 102. The van der Waals surface area contributed by atoms with Crippen LogP contribution in [-0.2, 0) is 76.0 Å². The zero-order valence-electron chi connectivity index (χ0n) is 48.1. The van der Waals surface area contributed by atoms with E-state index in [0.29, 0.717) is 25.7 Å². The molecule has 2 bridgehead atoms. The molecule has 0 unspecified atom stereocenters. The smallest absolute Gasteiger partial charge is 0.333 e. The molecule has 0 aromatic carbocycles. The first-order valence-corrected chi connectivity index (χ1v) is 29.0. The molecule has 25 nitrogen and oxygen atoms in total. The van der Waals surface area contributed by atoms with Crippen LogP contribution in [0, 0.1) is 0 Å². The molecule has 0 radical (unpaired) electrons. The van der Waals surface area contributed by atoms with Crippen LogP contribution in [-0.4, -0.2) is 230 Å². The van der Waals surface area contributed by atoms with Crippen LogP contribution in [0.1, 0.15) is 146 Å². The van der Waals surface area contributed by atoms with Crippen molar-refractivity contribution in [1.29, 1.82) is 0 Å². The molecule has 81 heavy (non-hydrogen) atoms. The predicted molar refractivity (Wildman–Crippen MR) is 280 cm³/mol. The molecule has 0 saturated carbocycles. The fraction of sp³-hybridized carbons (Fsp3) is 0.875. The largest absolute Gasteiger partial charge is 0.456 e. The number of aliphatic hydroxyl groups is 9. The lowest BCUT2D eigenvalue weighted by Crippen LogP contribution is -2.67.